The Kier molecular flexibility index (Phi) is 7.37. The van der Waals surface area contributed by atoms with E-state index in [4.69, 9.17) is 14.2 Å². The van der Waals surface area contributed by atoms with Crippen LogP contribution in [0.15, 0.2) is 90.0 Å². The van der Waals surface area contributed by atoms with Gasteiger partial charge in [0.15, 0.2) is 18.1 Å². The van der Waals surface area contributed by atoms with Crippen LogP contribution >= 0.6 is 0 Å². The Morgan fingerprint density at radius 2 is 1.57 bits per heavy atom. The third-order valence-corrected chi connectivity index (χ3v) is 5.23. The van der Waals surface area contributed by atoms with Gasteiger partial charge in [-0.15, -0.1) is 0 Å². The van der Waals surface area contributed by atoms with Crippen LogP contribution in [0, 0.1) is 6.92 Å². The maximum absolute atomic E-state index is 12.7. The highest BCUT2D eigenvalue weighted by Gasteiger charge is 2.14. The smallest absolute Gasteiger partial charge is 0.343 e. The standard InChI is InChI=1S/C28H24N2O5/c1-19-11-13-21(14-12-19)28(32)35-24-16-15-20-7-3-4-8-22(20)23(24)17-29-30-27(31)18-34-26-10-6-5-9-25(26)33-2/h3-17H,18H2,1-2H3,(H,30,31)/b29-17-. The number of hydrogen-bond acceptors (Lipinski definition) is 6. The number of amides is 1. The van der Waals surface area contributed by atoms with E-state index in [-0.39, 0.29) is 6.61 Å². The third kappa shape index (κ3) is 5.83. The summed E-state index contributed by atoms with van der Waals surface area (Å²) in [6.45, 7) is 1.70. The number of carbonyl (C=O) groups excluding carboxylic acids is 2. The minimum absolute atomic E-state index is 0.248. The summed E-state index contributed by atoms with van der Waals surface area (Å²) in [6.07, 6.45) is 1.46. The van der Waals surface area contributed by atoms with E-state index in [1.54, 1.807) is 36.4 Å². The molecular weight excluding hydrogens is 444 g/mol. The number of hydrazone groups is 1. The zero-order valence-corrected chi connectivity index (χ0v) is 19.4. The van der Waals surface area contributed by atoms with Gasteiger partial charge in [-0.2, -0.15) is 5.10 Å². The molecule has 1 N–H and O–H groups in total. The van der Waals surface area contributed by atoms with Gasteiger partial charge in [0, 0.05) is 5.56 Å². The van der Waals surface area contributed by atoms with Gasteiger partial charge in [-0.25, -0.2) is 10.2 Å². The van der Waals surface area contributed by atoms with Gasteiger partial charge in [-0.1, -0.05) is 60.2 Å². The molecule has 7 nitrogen and oxygen atoms in total. The van der Waals surface area contributed by atoms with Crippen molar-refractivity contribution in [2.45, 2.75) is 6.92 Å². The fraction of sp³-hybridized carbons (Fsp3) is 0.107. The summed E-state index contributed by atoms with van der Waals surface area (Å²) in [6, 6.07) is 25.4. The molecule has 7 heteroatoms. The van der Waals surface area contributed by atoms with Crippen LogP contribution in [0.25, 0.3) is 10.8 Å². The van der Waals surface area contributed by atoms with Crippen molar-refractivity contribution >= 4 is 28.9 Å². The first kappa shape index (κ1) is 23.5. The van der Waals surface area contributed by atoms with Crippen molar-refractivity contribution in [3.63, 3.8) is 0 Å². The second kappa shape index (κ2) is 11.0. The van der Waals surface area contributed by atoms with Crippen LogP contribution in [0.4, 0.5) is 0 Å². The molecule has 176 valence electrons. The molecule has 0 aliphatic carbocycles. The van der Waals surface area contributed by atoms with Crippen molar-refractivity contribution in [3.8, 4) is 17.2 Å². The van der Waals surface area contributed by atoms with Gasteiger partial charge in [0.2, 0.25) is 0 Å². The number of fused-ring (bicyclic) bond motifs is 1. The first-order valence-electron chi connectivity index (χ1n) is 10.9. The van der Waals surface area contributed by atoms with Crippen molar-refractivity contribution in [1.29, 1.82) is 0 Å². The molecule has 0 aliphatic rings. The van der Waals surface area contributed by atoms with Gasteiger partial charge < -0.3 is 14.2 Å². The molecule has 0 atom stereocenters. The fourth-order valence-corrected chi connectivity index (χ4v) is 3.43. The Morgan fingerprint density at radius 1 is 0.857 bits per heavy atom. The van der Waals surface area contributed by atoms with Gasteiger partial charge >= 0.3 is 5.97 Å². The lowest BCUT2D eigenvalue weighted by molar-refractivity contribution is -0.123. The molecular formula is C28H24N2O5. The number of ether oxygens (including phenoxy) is 3. The number of methoxy groups -OCH3 is 1. The Hall–Kier alpha value is -4.65. The molecule has 0 fully saturated rings. The molecule has 0 saturated heterocycles. The Balaban J connectivity index is 1.50. The summed E-state index contributed by atoms with van der Waals surface area (Å²) < 4.78 is 16.4. The molecule has 0 aliphatic heterocycles. The lowest BCUT2D eigenvalue weighted by Crippen LogP contribution is -2.24. The highest BCUT2D eigenvalue weighted by molar-refractivity contribution is 6.04. The van der Waals surface area contributed by atoms with E-state index in [0.717, 1.165) is 16.3 Å². The molecule has 0 bridgehead atoms. The van der Waals surface area contributed by atoms with Crippen LogP contribution in [0.1, 0.15) is 21.5 Å². The zero-order chi connectivity index (χ0) is 24.6. The summed E-state index contributed by atoms with van der Waals surface area (Å²) in [5.74, 6) is 0.375. The minimum Gasteiger partial charge on any atom is -0.493 e. The number of esters is 1. The maximum atomic E-state index is 12.7. The molecule has 1 amide bonds. The van der Waals surface area contributed by atoms with Crippen molar-refractivity contribution in [2.75, 3.05) is 13.7 Å². The summed E-state index contributed by atoms with van der Waals surface area (Å²) in [4.78, 5) is 25.0. The monoisotopic (exact) mass is 468 g/mol. The van der Waals surface area contributed by atoms with Crippen LogP contribution in [-0.2, 0) is 4.79 Å². The third-order valence-electron chi connectivity index (χ3n) is 5.23. The van der Waals surface area contributed by atoms with Crippen LogP contribution in [-0.4, -0.2) is 31.8 Å². The number of benzene rings is 4. The highest BCUT2D eigenvalue weighted by atomic mass is 16.5. The first-order chi connectivity index (χ1) is 17.0. The molecule has 0 unspecified atom stereocenters. The highest BCUT2D eigenvalue weighted by Crippen LogP contribution is 2.28. The fourth-order valence-electron chi connectivity index (χ4n) is 3.43. The molecule has 0 radical (unpaired) electrons. The number of nitrogens with one attached hydrogen (secondary N) is 1. The second-order valence-electron chi connectivity index (χ2n) is 7.69. The Morgan fingerprint density at radius 3 is 2.34 bits per heavy atom. The Labute approximate surface area is 202 Å². The van der Waals surface area contributed by atoms with Gasteiger partial charge in [-0.3, -0.25) is 4.79 Å². The summed E-state index contributed by atoms with van der Waals surface area (Å²) in [5, 5.41) is 5.84. The van der Waals surface area contributed by atoms with Crippen molar-refractivity contribution in [2.24, 2.45) is 5.10 Å². The maximum Gasteiger partial charge on any atom is 0.343 e. The number of hydrogen-bond donors (Lipinski definition) is 1. The van der Waals surface area contributed by atoms with Crippen LogP contribution in [0.5, 0.6) is 17.2 Å². The molecule has 35 heavy (non-hydrogen) atoms. The van der Waals surface area contributed by atoms with Crippen molar-refractivity contribution in [3.05, 3.63) is 102 Å². The number of para-hydroxylation sites is 2. The van der Waals surface area contributed by atoms with Crippen LogP contribution in [0.2, 0.25) is 0 Å². The molecule has 4 aromatic carbocycles. The summed E-state index contributed by atoms with van der Waals surface area (Å²) in [7, 11) is 1.53. The number of rotatable bonds is 8. The number of carbonyl (C=O) groups is 2. The predicted octanol–water partition coefficient (Wildman–Crippen LogP) is 4.91. The largest absolute Gasteiger partial charge is 0.493 e. The van der Waals surface area contributed by atoms with E-state index < -0.39 is 11.9 Å². The predicted molar refractivity (Wildman–Crippen MR) is 134 cm³/mol. The van der Waals surface area contributed by atoms with Crippen molar-refractivity contribution in [1.82, 2.24) is 5.43 Å². The summed E-state index contributed by atoms with van der Waals surface area (Å²) in [5.41, 5.74) is 4.50. The molecule has 4 aromatic rings. The van der Waals surface area contributed by atoms with E-state index in [2.05, 4.69) is 10.5 Å². The number of aryl methyl sites for hydroxylation is 1. The lowest BCUT2D eigenvalue weighted by atomic mass is 10.0. The van der Waals surface area contributed by atoms with Gasteiger partial charge in [-0.05, 0) is 48.0 Å². The van der Waals surface area contributed by atoms with E-state index in [9.17, 15) is 9.59 Å². The van der Waals surface area contributed by atoms with Gasteiger partial charge in [0.05, 0.1) is 18.9 Å². The number of nitrogens with zero attached hydrogens (tertiary/aromatic N) is 1. The zero-order valence-electron chi connectivity index (χ0n) is 19.4. The van der Waals surface area contributed by atoms with E-state index in [1.807, 2.05) is 55.5 Å². The molecule has 0 heterocycles. The average molecular weight is 469 g/mol. The Bertz CT molecular complexity index is 1380. The molecule has 0 saturated carbocycles. The average Bonchev–Trinajstić information content (AvgIpc) is 2.89. The van der Waals surface area contributed by atoms with E-state index in [0.29, 0.717) is 28.4 Å². The van der Waals surface area contributed by atoms with E-state index in [1.165, 1.54) is 13.3 Å². The van der Waals surface area contributed by atoms with Crippen molar-refractivity contribution < 1.29 is 23.8 Å². The normalized spacial score (nSPS) is 10.8. The van der Waals surface area contributed by atoms with Gasteiger partial charge in [0.1, 0.15) is 5.75 Å². The van der Waals surface area contributed by atoms with E-state index >= 15 is 0 Å². The van der Waals surface area contributed by atoms with Gasteiger partial charge in [0.25, 0.3) is 5.91 Å². The first-order valence-corrected chi connectivity index (χ1v) is 10.9. The molecule has 0 spiro atoms. The molecule has 4 rings (SSSR count). The molecule has 0 aromatic heterocycles. The van der Waals surface area contributed by atoms with Crippen LogP contribution in [0.3, 0.4) is 0 Å². The quantitative estimate of drug-likeness (QED) is 0.172. The summed E-state index contributed by atoms with van der Waals surface area (Å²) >= 11 is 0. The minimum atomic E-state index is -0.482. The van der Waals surface area contributed by atoms with Crippen LogP contribution < -0.4 is 19.6 Å². The topological polar surface area (TPSA) is 86.2 Å². The SMILES string of the molecule is COc1ccccc1OCC(=O)N/N=C\c1c(OC(=O)c2ccc(C)cc2)ccc2ccccc12. The second-order valence-corrected chi connectivity index (χ2v) is 7.69. The lowest BCUT2D eigenvalue weighted by Gasteiger charge is -2.11.